The first-order chi connectivity index (χ1) is 16.5. The van der Waals surface area contributed by atoms with Gasteiger partial charge < -0.3 is 24.4 Å². The van der Waals surface area contributed by atoms with Crippen molar-refractivity contribution in [2.45, 2.75) is 89.0 Å². The van der Waals surface area contributed by atoms with E-state index in [9.17, 15) is 19.5 Å². The number of carbonyl (C=O) groups is 3. The summed E-state index contributed by atoms with van der Waals surface area (Å²) in [5.74, 6) is -2.36. The van der Waals surface area contributed by atoms with Crippen LogP contribution in [0.2, 0.25) is 0 Å². The van der Waals surface area contributed by atoms with E-state index in [4.69, 9.17) is 9.47 Å². The summed E-state index contributed by atoms with van der Waals surface area (Å²) in [5.41, 5.74) is -2.37. The molecule has 3 aliphatic rings. The minimum atomic E-state index is -1.07. The van der Waals surface area contributed by atoms with Gasteiger partial charge in [-0.2, -0.15) is 0 Å². The Morgan fingerprint density at radius 3 is 2.51 bits per heavy atom. The zero-order valence-electron chi connectivity index (χ0n) is 21.8. The molecule has 0 aliphatic carbocycles. The highest BCUT2D eigenvalue weighted by atomic mass is 16.6. The number of carbonyl (C=O) groups excluding carboxylic acids is 3. The van der Waals surface area contributed by atoms with E-state index in [1.165, 1.54) is 6.08 Å². The maximum absolute atomic E-state index is 14.2. The smallest absolute Gasteiger partial charge is 0.313 e. The Morgan fingerprint density at radius 2 is 1.94 bits per heavy atom. The fourth-order valence-electron chi connectivity index (χ4n) is 6.37. The monoisotopic (exact) mass is 490 g/mol. The molecule has 0 radical (unpaired) electrons. The fourth-order valence-corrected chi connectivity index (χ4v) is 6.37. The van der Waals surface area contributed by atoms with Crippen molar-refractivity contribution < 1.29 is 29.0 Å². The summed E-state index contributed by atoms with van der Waals surface area (Å²) in [6.45, 7) is 16.1. The van der Waals surface area contributed by atoms with Crippen molar-refractivity contribution >= 4 is 17.8 Å². The van der Waals surface area contributed by atoms with Gasteiger partial charge in [0.25, 0.3) is 0 Å². The first kappa shape index (κ1) is 27.4. The predicted octanol–water partition coefficient (Wildman–Crippen LogP) is 2.85. The van der Waals surface area contributed by atoms with E-state index in [0.717, 1.165) is 6.42 Å². The van der Waals surface area contributed by atoms with Crippen LogP contribution in [0.1, 0.15) is 66.2 Å². The SMILES string of the molecule is C=CCOC(=O)[C@@H]1[C@H]2C(=O)N(CCCCCO)C(C(=O)N(CC=C)C(C)(C)C)C23CC[C@@]1(CC)O3. The third-order valence-corrected chi connectivity index (χ3v) is 7.96. The molecule has 35 heavy (non-hydrogen) atoms. The van der Waals surface area contributed by atoms with E-state index in [1.807, 2.05) is 27.7 Å². The van der Waals surface area contributed by atoms with Crippen LogP contribution in [0, 0.1) is 11.8 Å². The van der Waals surface area contributed by atoms with E-state index in [2.05, 4.69) is 13.2 Å². The average molecular weight is 491 g/mol. The summed E-state index contributed by atoms with van der Waals surface area (Å²) in [4.78, 5) is 44.9. The van der Waals surface area contributed by atoms with Crippen molar-refractivity contribution in [3.05, 3.63) is 25.3 Å². The molecule has 3 aliphatic heterocycles. The van der Waals surface area contributed by atoms with Crippen molar-refractivity contribution in [3.63, 3.8) is 0 Å². The van der Waals surface area contributed by atoms with Gasteiger partial charge in [0.2, 0.25) is 11.8 Å². The Kier molecular flexibility index (Phi) is 8.16. The summed E-state index contributed by atoms with van der Waals surface area (Å²) in [7, 11) is 0. The van der Waals surface area contributed by atoms with Gasteiger partial charge in [0, 0.05) is 25.2 Å². The molecule has 2 bridgehead atoms. The van der Waals surface area contributed by atoms with Gasteiger partial charge in [-0.05, 0) is 59.3 Å². The topological polar surface area (TPSA) is 96.4 Å². The Bertz CT molecular complexity index is 851. The van der Waals surface area contributed by atoms with Crippen LogP contribution in [0.3, 0.4) is 0 Å². The summed E-state index contributed by atoms with van der Waals surface area (Å²) in [5, 5.41) is 9.18. The summed E-state index contributed by atoms with van der Waals surface area (Å²) >= 11 is 0. The molecule has 196 valence electrons. The number of fused-ring (bicyclic) bond motifs is 1. The number of aliphatic hydroxyl groups excluding tert-OH is 1. The molecule has 0 saturated carbocycles. The van der Waals surface area contributed by atoms with Crippen LogP contribution in [0.5, 0.6) is 0 Å². The molecule has 8 nitrogen and oxygen atoms in total. The van der Waals surface area contributed by atoms with Crippen molar-refractivity contribution in [1.29, 1.82) is 0 Å². The highest BCUT2D eigenvalue weighted by Gasteiger charge is 2.79. The molecular formula is C27H42N2O6. The van der Waals surface area contributed by atoms with E-state index >= 15 is 0 Å². The molecule has 3 rings (SSSR count). The lowest BCUT2D eigenvalue weighted by atomic mass is 9.65. The standard InChI is InChI=1S/C27H42N2O6/c1-7-15-29(25(4,5)6)23(32)21-27-14-13-26(9-3,35-27)20(24(33)34-18-8-2)19(27)22(31)28(21)16-11-10-12-17-30/h7-8,19-21,30H,1-2,9-18H2,3-6H3/t19-,20-,21?,26+,27?/m0/s1. The molecule has 2 amide bonds. The molecule has 0 aromatic rings. The van der Waals surface area contributed by atoms with Gasteiger partial charge in [0.15, 0.2) is 0 Å². The number of esters is 1. The van der Waals surface area contributed by atoms with Gasteiger partial charge in [-0.15, -0.1) is 6.58 Å². The van der Waals surface area contributed by atoms with Crippen LogP contribution in [0.25, 0.3) is 0 Å². The maximum atomic E-state index is 14.2. The predicted molar refractivity (Wildman–Crippen MR) is 132 cm³/mol. The maximum Gasteiger partial charge on any atom is 0.313 e. The molecule has 3 heterocycles. The Morgan fingerprint density at radius 1 is 1.23 bits per heavy atom. The average Bonchev–Trinajstić information content (AvgIpc) is 3.41. The third-order valence-electron chi connectivity index (χ3n) is 7.96. The summed E-state index contributed by atoms with van der Waals surface area (Å²) in [6, 6.07) is -0.820. The van der Waals surface area contributed by atoms with Gasteiger partial charge >= 0.3 is 5.97 Å². The van der Waals surface area contributed by atoms with Crippen LogP contribution in [0.4, 0.5) is 0 Å². The molecule has 5 atom stereocenters. The van der Waals surface area contributed by atoms with Crippen molar-refractivity contribution in [2.24, 2.45) is 11.8 Å². The van der Waals surface area contributed by atoms with Crippen molar-refractivity contribution in [3.8, 4) is 0 Å². The highest BCUT2D eigenvalue weighted by molar-refractivity contribution is 5.98. The second kappa shape index (κ2) is 10.4. The van der Waals surface area contributed by atoms with E-state index < -0.39 is 40.6 Å². The number of rotatable bonds is 12. The number of aliphatic hydroxyl groups is 1. The molecule has 0 aromatic carbocycles. The Hall–Kier alpha value is -2.19. The zero-order valence-corrected chi connectivity index (χ0v) is 21.8. The number of likely N-dealkylation sites (tertiary alicyclic amines) is 1. The lowest BCUT2D eigenvalue weighted by Gasteiger charge is -2.42. The number of ether oxygens (including phenoxy) is 2. The number of hydrogen-bond acceptors (Lipinski definition) is 6. The summed E-state index contributed by atoms with van der Waals surface area (Å²) in [6.07, 6.45) is 6.91. The fraction of sp³-hybridized carbons (Fsp3) is 0.741. The number of amides is 2. The van der Waals surface area contributed by atoms with E-state index in [0.29, 0.717) is 45.2 Å². The van der Waals surface area contributed by atoms with Gasteiger partial charge in [0.05, 0.1) is 11.5 Å². The van der Waals surface area contributed by atoms with Crippen LogP contribution < -0.4 is 0 Å². The lowest BCUT2D eigenvalue weighted by Crippen LogP contribution is -2.60. The van der Waals surface area contributed by atoms with Crippen LogP contribution in [0.15, 0.2) is 25.3 Å². The Labute approximate surface area is 209 Å². The molecule has 0 aromatic heterocycles. The minimum absolute atomic E-state index is 0.0629. The van der Waals surface area contributed by atoms with E-state index in [1.54, 1.807) is 15.9 Å². The number of nitrogens with zero attached hydrogens (tertiary/aromatic N) is 2. The molecule has 1 spiro atoms. The van der Waals surface area contributed by atoms with Crippen molar-refractivity contribution in [2.75, 3.05) is 26.3 Å². The molecule has 3 saturated heterocycles. The van der Waals surface area contributed by atoms with Crippen LogP contribution in [-0.2, 0) is 23.9 Å². The number of unbranched alkanes of at least 4 members (excludes halogenated alkanes) is 2. The third kappa shape index (κ3) is 4.55. The molecule has 8 heteroatoms. The van der Waals surface area contributed by atoms with Gasteiger partial charge in [-0.3, -0.25) is 14.4 Å². The number of hydrogen-bond donors (Lipinski definition) is 1. The largest absolute Gasteiger partial charge is 0.461 e. The van der Waals surface area contributed by atoms with Gasteiger partial charge in [-0.25, -0.2) is 0 Å². The zero-order chi connectivity index (χ0) is 26.0. The van der Waals surface area contributed by atoms with Gasteiger partial charge in [-0.1, -0.05) is 25.7 Å². The first-order valence-electron chi connectivity index (χ1n) is 12.9. The van der Waals surface area contributed by atoms with E-state index in [-0.39, 0.29) is 25.0 Å². The Balaban J connectivity index is 2.07. The second-order valence-electron chi connectivity index (χ2n) is 11.0. The quantitative estimate of drug-likeness (QED) is 0.257. The second-order valence-corrected chi connectivity index (χ2v) is 11.0. The van der Waals surface area contributed by atoms with Gasteiger partial charge in [0.1, 0.15) is 24.2 Å². The minimum Gasteiger partial charge on any atom is -0.461 e. The van der Waals surface area contributed by atoms with Crippen LogP contribution >= 0.6 is 0 Å². The normalized spacial score (nSPS) is 31.4. The molecular weight excluding hydrogens is 448 g/mol. The molecule has 3 fully saturated rings. The first-order valence-corrected chi connectivity index (χ1v) is 12.9. The molecule has 2 unspecified atom stereocenters. The van der Waals surface area contributed by atoms with Crippen LogP contribution in [-0.4, -0.2) is 81.8 Å². The summed E-state index contributed by atoms with van der Waals surface area (Å²) < 4.78 is 12.2. The van der Waals surface area contributed by atoms with Crippen molar-refractivity contribution in [1.82, 2.24) is 9.80 Å². The lowest BCUT2D eigenvalue weighted by molar-refractivity contribution is -0.162. The molecule has 1 N–H and O–H groups in total. The highest BCUT2D eigenvalue weighted by Crippen LogP contribution is 2.64.